The smallest absolute Gasteiger partial charge is 0.270 e. The number of benzene rings is 2. The van der Waals surface area contributed by atoms with Crippen LogP contribution in [0.25, 0.3) is 10.9 Å². The lowest BCUT2D eigenvalue weighted by atomic mass is 10.0. The van der Waals surface area contributed by atoms with Gasteiger partial charge in [-0.3, -0.25) is 24.6 Å². The molecule has 10 heteroatoms. The van der Waals surface area contributed by atoms with Gasteiger partial charge < -0.3 is 10.2 Å². The lowest BCUT2D eigenvalue weighted by Gasteiger charge is -2.33. The molecule has 2 amide bonds. The van der Waals surface area contributed by atoms with E-state index in [1.807, 2.05) is 18.2 Å². The number of amides is 2. The van der Waals surface area contributed by atoms with Gasteiger partial charge in [0.15, 0.2) is 5.50 Å². The highest BCUT2D eigenvalue weighted by molar-refractivity contribution is 7.81. The maximum Gasteiger partial charge on any atom is 0.270 e. The van der Waals surface area contributed by atoms with Crippen molar-refractivity contribution in [1.29, 1.82) is 0 Å². The summed E-state index contributed by atoms with van der Waals surface area (Å²) >= 11 is 4.74. The second-order valence-corrected chi connectivity index (χ2v) is 9.23. The summed E-state index contributed by atoms with van der Waals surface area (Å²) in [6, 6.07) is 15.3. The number of nitrogens with zero attached hydrogens (tertiary/aromatic N) is 4. The van der Waals surface area contributed by atoms with Gasteiger partial charge in [0, 0.05) is 35.1 Å². The minimum absolute atomic E-state index is 0.00443. The van der Waals surface area contributed by atoms with E-state index in [-0.39, 0.29) is 24.1 Å². The molecule has 2 aromatic heterocycles. The Kier molecular flexibility index (Phi) is 5.68. The van der Waals surface area contributed by atoms with Crippen LogP contribution in [0.5, 0.6) is 0 Å². The quantitative estimate of drug-likeness (QED) is 0.369. The van der Waals surface area contributed by atoms with E-state index >= 15 is 4.39 Å². The Morgan fingerprint density at radius 3 is 2.71 bits per heavy atom. The van der Waals surface area contributed by atoms with Crippen molar-refractivity contribution < 1.29 is 14.0 Å². The second kappa shape index (κ2) is 8.70. The molecule has 178 valence electrons. The number of anilines is 2. The van der Waals surface area contributed by atoms with Crippen molar-refractivity contribution in [2.75, 3.05) is 9.80 Å². The first-order chi connectivity index (χ1) is 16.8. The Balaban J connectivity index is 1.39. The number of thiol groups is 1. The summed E-state index contributed by atoms with van der Waals surface area (Å²) in [6.45, 7) is 3.57. The summed E-state index contributed by atoms with van der Waals surface area (Å²) in [5, 5.41) is 10.5. The molecule has 1 unspecified atom stereocenters. The third-order valence-electron chi connectivity index (χ3n) is 6.16. The SMILES string of the molecule is CC1(C)C(=O)N(c2ccc3cn[nH]c3c2)C(S)N1c1ccc(CNC(=O)c2ccccn2)c(F)c1. The summed E-state index contributed by atoms with van der Waals surface area (Å²) in [5.41, 5.74) is 0.910. The molecule has 0 spiro atoms. The van der Waals surface area contributed by atoms with Crippen molar-refractivity contribution in [2.45, 2.75) is 31.4 Å². The highest BCUT2D eigenvalue weighted by Crippen LogP contribution is 2.40. The van der Waals surface area contributed by atoms with Crippen LogP contribution in [-0.2, 0) is 11.3 Å². The van der Waals surface area contributed by atoms with E-state index in [0.29, 0.717) is 16.9 Å². The molecule has 5 rings (SSSR count). The second-order valence-electron chi connectivity index (χ2n) is 8.77. The number of aromatic nitrogens is 3. The van der Waals surface area contributed by atoms with Crippen molar-refractivity contribution in [3.8, 4) is 0 Å². The molecule has 3 heterocycles. The maximum atomic E-state index is 15.1. The Morgan fingerprint density at radius 1 is 1.17 bits per heavy atom. The van der Waals surface area contributed by atoms with Crippen molar-refractivity contribution in [2.24, 2.45) is 0 Å². The maximum absolute atomic E-state index is 15.1. The predicted molar refractivity (Wildman–Crippen MR) is 135 cm³/mol. The Bertz CT molecular complexity index is 1420. The van der Waals surface area contributed by atoms with Gasteiger partial charge in [0.2, 0.25) is 0 Å². The highest BCUT2D eigenvalue weighted by atomic mass is 32.1. The minimum atomic E-state index is -0.976. The van der Waals surface area contributed by atoms with Crippen LogP contribution in [0.3, 0.4) is 0 Å². The molecule has 1 atom stereocenters. The largest absolute Gasteiger partial charge is 0.347 e. The first-order valence-corrected chi connectivity index (χ1v) is 11.5. The molecule has 1 saturated heterocycles. The van der Waals surface area contributed by atoms with Crippen molar-refractivity contribution >= 4 is 46.7 Å². The summed E-state index contributed by atoms with van der Waals surface area (Å²) in [6.07, 6.45) is 3.23. The third kappa shape index (κ3) is 3.99. The number of aromatic amines is 1. The number of rotatable bonds is 5. The van der Waals surface area contributed by atoms with E-state index in [1.165, 1.54) is 12.3 Å². The van der Waals surface area contributed by atoms with Gasteiger partial charge >= 0.3 is 0 Å². The van der Waals surface area contributed by atoms with Crippen LogP contribution in [0.2, 0.25) is 0 Å². The van der Waals surface area contributed by atoms with E-state index in [9.17, 15) is 9.59 Å². The van der Waals surface area contributed by atoms with Crippen LogP contribution in [0.15, 0.2) is 67.0 Å². The fraction of sp³-hybridized carbons (Fsp3) is 0.200. The molecule has 0 saturated carbocycles. The average molecular weight is 491 g/mol. The van der Waals surface area contributed by atoms with Crippen LogP contribution in [0.1, 0.15) is 29.9 Å². The van der Waals surface area contributed by atoms with Crippen molar-refractivity contribution in [3.05, 3.63) is 84.1 Å². The van der Waals surface area contributed by atoms with Crippen LogP contribution < -0.4 is 15.1 Å². The highest BCUT2D eigenvalue weighted by Gasteiger charge is 2.51. The number of hydrogen-bond donors (Lipinski definition) is 3. The number of carbonyl (C=O) groups excluding carboxylic acids is 2. The number of hydrogen-bond acceptors (Lipinski definition) is 6. The normalized spacial score (nSPS) is 17.3. The fourth-order valence-electron chi connectivity index (χ4n) is 4.28. The number of fused-ring (bicyclic) bond motifs is 1. The number of nitrogens with one attached hydrogen (secondary N) is 2. The molecule has 0 bridgehead atoms. The molecule has 0 radical (unpaired) electrons. The molecule has 2 N–H and O–H groups in total. The Hall–Kier alpha value is -3.92. The van der Waals surface area contributed by atoms with E-state index in [4.69, 9.17) is 12.6 Å². The van der Waals surface area contributed by atoms with Gasteiger partial charge in [0.1, 0.15) is 17.1 Å². The van der Waals surface area contributed by atoms with Crippen molar-refractivity contribution in [1.82, 2.24) is 20.5 Å². The van der Waals surface area contributed by atoms with Crippen molar-refractivity contribution in [3.63, 3.8) is 0 Å². The summed E-state index contributed by atoms with van der Waals surface area (Å²) in [7, 11) is 0. The molecule has 4 aromatic rings. The van der Waals surface area contributed by atoms with E-state index in [0.717, 1.165) is 10.9 Å². The minimum Gasteiger partial charge on any atom is -0.347 e. The predicted octanol–water partition coefficient (Wildman–Crippen LogP) is 3.87. The molecular formula is C25H23FN6O2S. The molecule has 35 heavy (non-hydrogen) atoms. The zero-order valence-electron chi connectivity index (χ0n) is 19.1. The fourth-order valence-corrected chi connectivity index (χ4v) is 4.94. The van der Waals surface area contributed by atoms with Gasteiger partial charge in [-0.25, -0.2) is 4.39 Å². The first kappa shape index (κ1) is 22.9. The molecule has 1 fully saturated rings. The molecule has 1 aliphatic heterocycles. The number of carbonyl (C=O) groups is 2. The Labute approximate surface area is 206 Å². The Morgan fingerprint density at radius 2 is 1.97 bits per heavy atom. The van der Waals surface area contributed by atoms with Crippen LogP contribution in [-0.4, -0.2) is 38.0 Å². The molecule has 2 aromatic carbocycles. The lowest BCUT2D eigenvalue weighted by molar-refractivity contribution is -0.120. The topological polar surface area (TPSA) is 94.2 Å². The van der Waals surface area contributed by atoms with Gasteiger partial charge in [-0.1, -0.05) is 12.1 Å². The molecule has 8 nitrogen and oxygen atoms in total. The van der Waals surface area contributed by atoms with Crippen LogP contribution >= 0.6 is 12.6 Å². The summed E-state index contributed by atoms with van der Waals surface area (Å²) in [4.78, 5) is 33.0. The zero-order chi connectivity index (χ0) is 24.7. The third-order valence-corrected chi connectivity index (χ3v) is 6.62. The monoisotopic (exact) mass is 490 g/mol. The van der Waals surface area contributed by atoms with Crippen LogP contribution in [0.4, 0.5) is 15.8 Å². The summed E-state index contributed by atoms with van der Waals surface area (Å²) < 4.78 is 15.1. The number of halogens is 1. The molecule has 1 aliphatic rings. The number of pyridine rings is 1. The van der Waals surface area contributed by atoms with E-state index in [1.54, 1.807) is 60.2 Å². The molecular weight excluding hydrogens is 467 g/mol. The summed E-state index contributed by atoms with van der Waals surface area (Å²) in [5.74, 6) is -1.05. The standard InChI is InChI=1S/C25H23FN6O2S/c1-25(2)23(34)31(17-8-7-16-14-29-30-21(16)12-17)24(35)32(25)18-9-6-15(19(26)11-18)13-28-22(33)20-5-3-4-10-27-20/h3-12,14,24,35H,13H2,1-2H3,(H,28,33)(H,29,30). The number of H-pyrrole nitrogens is 1. The lowest BCUT2D eigenvalue weighted by Crippen LogP contribution is -2.45. The molecule has 0 aliphatic carbocycles. The van der Waals surface area contributed by atoms with Gasteiger partial charge in [-0.2, -0.15) is 5.10 Å². The van der Waals surface area contributed by atoms with Gasteiger partial charge in [-0.15, -0.1) is 12.6 Å². The zero-order valence-corrected chi connectivity index (χ0v) is 20.0. The van der Waals surface area contributed by atoms with Crippen LogP contribution in [0, 0.1) is 5.82 Å². The van der Waals surface area contributed by atoms with Gasteiger partial charge in [-0.05, 0) is 56.3 Å². The first-order valence-electron chi connectivity index (χ1n) is 11.0. The average Bonchev–Trinajstić information content (AvgIpc) is 3.38. The van der Waals surface area contributed by atoms with E-state index in [2.05, 4.69) is 20.5 Å². The van der Waals surface area contributed by atoms with E-state index < -0.39 is 16.9 Å². The van der Waals surface area contributed by atoms with Gasteiger partial charge in [0.05, 0.1) is 11.7 Å². The van der Waals surface area contributed by atoms with Gasteiger partial charge in [0.25, 0.3) is 11.8 Å².